The zero-order chi connectivity index (χ0) is 19.6. The fourth-order valence-corrected chi connectivity index (χ4v) is 3.47. The molecule has 1 unspecified atom stereocenters. The molecule has 0 saturated carbocycles. The lowest BCUT2D eigenvalue weighted by molar-refractivity contribution is -0.132. The van der Waals surface area contributed by atoms with E-state index >= 15 is 0 Å². The van der Waals surface area contributed by atoms with Crippen molar-refractivity contribution in [3.8, 4) is 5.75 Å². The van der Waals surface area contributed by atoms with Crippen molar-refractivity contribution in [3.63, 3.8) is 0 Å². The SMILES string of the molecule is CCC1(c2ccc(F)cc2)NC(=O)N(CCOc2cc(C)cc(C)c2)C1=O. The number of carbonyl (C=O) groups is 2. The number of halogens is 1. The van der Waals surface area contributed by atoms with Gasteiger partial charge in [-0.2, -0.15) is 0 Å². The van der Waals surface area contributed by atoms with Crippen LogP contribution in [0.3, 0.4) is 0 Å². The molecular weight excluding hydrogens is 347 g/mol. The van der Waals surface area contributed by atoms with Crippen LogP contribution in [-0.2, 0) is 10.3 Å². The average molecular weight is 370 g/mol. The first-order valence-corrected chi connectivity index (χ1v) is 8.97. The normalized spacial score (nSPS) is 19.3. The van der Waals surface area contributed by atoms with Gasteiger partial charge in [0, 0.05) is 0 Å². The highest BCUT2D eigenvalue weighted by Gasteiger charge is 2.51. The molecule has 1 atom stereocenters. The van der Waals surface area contributed by atoms with E-state index in [1.807, 2.05) is 39.0 Å². The van der Waals surface area contributed by atoms with Crippen LogP contribution >= 0.6 is 0 Å². The Morgan fingerprint density at radius 2 is 1.70 bits per heavy atom. The molecule has 0 bridgehead atoms. The van der Waals surface area contributed by atoms with E-state index in [0.717, 1.165) is 16.0 Å². The number of amides is 3. The van der Waals surface area contributed by atoms with E-state index in [-0.39, 0.29) is 24.9 Å². The second-order valence-electron chi connectivity index (χ2n) is 6.82. The van der Waals surface area contributed by atoms with Crippen molar-refractivity contribution >= 4 is 11.9 Å². The van der Waals surface area contributed by atoms with Crippen molar-refractivity contribution in [2.24, 2.45) is 0 Å². The number of nitrogens with one attached hydrogen (secondary N) is 1. The average Bonchev–Trinajstić information content (AvgIpc) is 2.86. The molecule has 0 aliphatic carbocycles. The molecule has 1 fully saturated rings. The van der Waals surface area contributed by atoms with Gasteiger partial charge in [-0.25, -0.2) is 9.18 Å². The topological polar surface area (TPSA) is 58.6 Å². The maximum absolute atomic E-state index is 13.2. The quantitative estimate of drug-likeness (QED) is 0.789. The molecule has 2 aromatic rings. The van der Waals surface area contributed by atoms with E-state index in [1.54, 1.807) is 0 Å². The number of hydrogen-bond donors (Lipinski definition) is 1. The van der Waals surface area contributed by atoms with Gasteiger partial charge >= 0.3 is 6.03 Å². The van der Waals surface area contributed by atoms with Gasteiger partial charge < -0.3 is 10.1 Å². The lowest BCUT2D eigenvalue weighted by Gasteiger charge is -2.25. The second-order valence-corrected chi connectivity index (χ2v) is 6.82. The number of benzene rings is 2. The van der Waals surface area contributed by atoms with Crippen LogP contribution < -0.4 is 10.1 Å². The number of hydrogen-bond acceptors (Lipinski definition) is 3. The Bertz CT molecular complexity index is 846. The van der Waals surface area contributed by atoms with Crippen LogP contribution in [0, 0.1) is 19.7 Å². The van der Waals surface area contributed by atoms with Gasteiger partial charge in [0.25, 0.3) is 5.91 Å². The summed E-state index contributed by atoms with van der Waals surface area (Å²) in [6.07, 6.45) is 0.373. The summed E-state index contributed by atoms with van der Waals surface area (Å²) in [5, 5.41) is 2.78. The summed E-state index contributed by atoms with van der Waals surface area (Å²) in [6, 6.07) is 11.1. The van der Waals surface area contributed by atoms with Crippen molar-refractivity contribution in [2.45, 2.75) is 32.7 Å². The number of imide groups is 1. The standard InChI is InChI=1S/C21H23FN2O3/c1-4-21(16-5-7-17(22)8-6-16)19(25)24(20(26)23-21)9-10-27-18-12-14(2)11-15(3)13-18/h5-8,11-13H,4,9-10H2,1-3H3,(H,23,26). The number of ether oxygens (including phenoxy) is 1. The van der Waals surface area contributed by atoms with Crippen LogP contribution in [0.25, 0.3) is 0 Å². The molecule has 0 radical (unpaired) electrons. The minimum atomic E-state index is -1.16. The van der Waals surface area contributed by atoms with Gasteiger partial charge in [-0.15, -0.1) is 0 Å². The summed E-state index contributed by atoms with van der Waals surface area (Å²) >= 11 is 0. The van der Waals surface area contributed by atoms with Gasteiger partial charge in [-0.05, 0) is 61.2 Å². The van der Waals surface area contributed by atoms with Crippen LogP contribution in [0.5, 0.6) is 5.75 Å². The molecule has 2 aromatic carbocycles. The van der Waals surface area contributed by atoms with Crippen molar-refractivity contribution in [3.05, 3.63) is 65.0 Å². The number of carbonyl (C=O) groups excluding carboxylic acids is 2. The highest BCUT2D eigenvalue weighted by atomic mass is 19.1. The third-order valence-corrected chi connectivity index (χ3v) is 4.82. The van der Waals surface area contributed by atoms with Gasteiger partial charge in [-0.1, -0.05) is 25.1 Å². The van der Waals surface area contributed by atoms with E-state index in [0.29, 0.717) is 17.7 Å². The van der Waals surface area contributed by atoms with Gasteiger partial charge in [-0.3, -0.25) is 9.69 Å². The summed E-state index contributed by atoms with van der Waals surface area (Å²) in [4.78, 5) is 26.6. The Kier molecular flexibility index (Phi) is 5.17. The van der Waals surface area contributed by atoms with Crippen molar-refractivity contribution in [1.82, 2.24) is 10.2 Å². The van der Waals surface area contributed by atoms with Crippen LogP contribution in [0.15, 0.2) is 42.5 Å². The molecule has 6 heteroatoms. The first kappa shape index (κ1) is 18.9. The third kappa shape index (κ3) is 3.65. The zero-order valence-electron chi connectivity index (χ0n) is 15.7. The predicted octanol–water partition coefficient (Wildman–Crippen LogP) is 3.68. The Morgan fingerprint density at radius 3 is 2.30 bits per heavy atom. The molecular formula is C21H23FN2O3. The molecule has 5 nitrogen and oxygen atoms in total. The molecule has 0 spiro atoms. The molecule has 142 valence electrons. The molecule has 1 heterocycles. The van der Waals surface area contributed by atoms with Crippen LogP contribution in [-0.4, -0.2) is 30.0 Å². The summed E-state index contributed by atoms with van der Waals surface area (Å²) < 4.78 is 19.0. The Balaban J connectivity index is 1.72. The van der Waals surface area contributed by atoms with Crippen LogP contribution in [0.2, 0.25) is 0 Å². The molecule has 27 heavy (non-hydrogen) atoms. The fraction of sp³-hybridized carbons (Fsp3) is 0.333. The lowest BCUT2D eigenvalue weighted by Crippen LogP contribution is -2.43. The van der Waals surface area contributed by atoms with E-state index in [4.69, 9.17) is 4.74 Å². The largest absolute Gasteiger partial charge is 0.492 e. The van der Waals surface area contributed by atoms with E-state index in [9.17, 15) is 14.0 Å². The zero-order valence-corrected chi connectivity index (χ0v) is 15.7. The Morgan fingerprint density at radius 1 is 1.07 bits per heavy atom. The van der Waals surface area contributed by atoms with Crippen LogP contribution in [0.1, 0.15) is 30.0 Å². The van der Waals surface area contributed by atoms with Gasteiger partial charge in [0.2, 0.25) is 0 Å². The molecule has 3 rings (SSSR count). The van der Waals surface area contributed by atoms with E-state index in [1.165, 1.54) is 24.3 Å². The van der Waals surface area contributed by atoms with E-state index < -0.39 is 11.6 Å². The van der Waals surface area contributed by atoms with Crippen molar-refractivity contribution in [2.75, 3.05) is 13.2 Å². The van der Waals surface area contributed by atoms with E-state index in [2.05, 4.69) is 5.32 Å². The van der Waals surface area contributed by atoms with Crippen molar-refractivity contribution < 1.29 is 18.7 Å². The number of rotatable bonds is 6. The van der Waals surface area contributed by atoms with Crippen molar-refractivity contribution in [1.29, 1.82) is 0 Å². The summed E-state index contributed by atoms with van der Waals surface area (Å²) in [5.74, 6) is -0.0223. The number of nitrogens with zero attached hydrogens (tertiary/aromatic N) is 1. The first-order chi connectivity index (χ1) is 12.9. The maximum atomic E-state index is 13.2. The minimum absolute atomic E-state index is 0.139. The maximum Gasteiger partial charge on any atom is 0.325 e. The molecule has 3 amide bonds. The monoisotopic (exact) mass is 370 g/mol. The van der Waals surface area contributed by atoms with Gasteiger partial charge in [0.05, 0.1) is 6.54 Å². The fourth-order valence-electron chi connectivity index (χ4n) is 3.47. The summed E-state index contributed by atoms with van der Waals surface area (Å²) in [5.41, 5.74) is 1.58. The molecule has 0 aromatic heterocycles. The van der Waals surface area contributed by atoms with Gasteiger partial charge in [0.1, 0.15) is 23.7 Å². The smallest absolute Gasteiger partial charge is 0.325 e. The number of urea groups is 1. The lowest BCUT2D eigenvalue weighted by atomic mass is 9.87. The Hall–Kier alpha value is -2.89. The number of aryl methyl sites for hydroxylation is 2. The Labute approximate surface area is 158 Å². The highest BCUT2D eigenvalue weighted by Crippen LogP contribution is 2.32. The molecule has 1 N–H and O–H groups in total. The molecule has 1 saturated heterocycles. The highest BCUT2D eigenvalue weighted by molar-refractivity contribution is 6.07. The molecule has 1 aliphatic rings. The summed E-state index contributed by atoms with van der Waals surface area (Å²) in [7, 11) is 0. The van der Waals surface area contributed by atoms with Crippen LogP contribution in [0.4, 0.5) is 9.18 Å². The molecule has 1 aliphatic heterocycles. The second kappa shape index (κ2) is 7.39. The third-order valence-electron chi connectivity index (χ3n) is 4.82. The first-order valence-electron chi connectivity index (χ1n) is 8.97. The minimum Gasteiger partial charge on any atom is -0.492 e. The summed E-state index contributed by atoms with van der Waals surface area (Å²) in [6.45, 7) is 6.12. The van der Waals surface area contributed by atoms with Gasteiger partial charge in [0.15, 0.2) is 0 Å². The predicted molar refractivity (Wildman–Crippen MR) is 100 cm³/mol.